The molecule has 0 atom stereocenters. The Bertz CT molecular complexity index is 1200. The first-order chi connectivity index (χ1) is 13.2. The molecule has 1 aromatic heterocycles. The molecule has 28 heavy (non-hydrogen) atoms. The summed E-state index contributed by atoms with van der Waals surface area (Å²) in [5, 5.41) is 7.90. The molecule has 0 aliphatic heterocycles. The number of aromatic nitrogens is 2. The van der Waals surface area contributed by atoms with Gasteiger partial charge in [0.1, 0.15) is 0 Å². The van der Waals surface area contributed by atoms with Gasteiger partial charge in [-0.2, -0.15) is 5.10 Å². The summed E-state index contributed by atoms with van der Waals surface area (Å²) in [4.78, 5) is 25.7. The van der Waals surface area contributed by atoms with Gasteiger partial charge < -0.3 is 5.32 Å². The van der Waals surface area contributed by atoms with Crippen molar-refractivity contribution in [3.05, 3.63) is 64.6 Å². The zero-order chi connectivity index (χ0) is 20.5. The van der Waals surface area contributed by atoms with Gasteiger partial charge in [-0.3, -0.25) is 9.59 Å². The highest BCUT2D eigenvalue weighted by Crippen LogP contribution is 2.18. The molecule has 0 aliphatic rings. The van der Waals surface area contributed by atoms with Crippen LogP contribution in [0.3, 0.4) is 0 Å². The van der Waals surface area contributed by atoms with Crippen LogP contribution in [-0.2, 0) is 16.4 Å². The molecule has 8 heteroatoms. The predicted octanol–water partition coefficient (Wildman–Crippen LogP) is 2.71. The maximum absolute atomic E-state index is 12.9. The first-order valence-corrected chi connectivity index (χ1v) is 10.7. The number of benzene rings is 2. The number of nitrogens with zero attached hydrogens (tertiary/aromatic N) is 2. The minimum absolute atomic E-state index is 0.142. The van der Waals surface area contributed by atoms with Crippen LogP contribution in [0.25, 0.3) is 10.8 Å². The fourth-order valence-corrected chi connectivity index (χ4v) is 3.48. The lowest BCUT2D eigenvalue weighted by Crippen LogP contribution is -2.29. The number of fused-ring (bicyclic) bond motifs is 1. The number of hydrogen-bond acceptors (Lipinski definition) is 5. The second-order valence-electron chi connectivity index (χ2n) is 7.03. The molecule has 0 saturated heterocycles. The molecule has 0 bridgehead atoms. The number of amides is 1. The van der Waals surface area contributed by atoms with Crippen LogP contribution in [0, 0.1) is 5.92 Å². The molecule has 0 radical (unpaired) electrons. The maximum Gasteiger partial charge on any atom is 0.276 e. The van der Waals surface area contributed by atoms with Crippen molar-refractivity contribution in [3.63, 3.8) is 0 Å². The molecular formula is C20H21N3O4S. The van der Waals surface area contributed by atoms with E-state index in [1.165, 1.54) is 28.9 Å². The molecule has 146 valence electrons. The predicted molar refractivity (Wildman–Crippen MR) is 108 cm³/mol. The highest BCUT2D eigenvalue weighted by molar-refractivity contribution is 7.90. The van der Waals surface area contributed by atoms with Gasteiger partial charge in [0, 0.05) is 23.9 Å². The van der Waals surface area contributed by atoms with Crippen LogP contribution in [-0.4, -0.2) is 30.4 Å². The normalized spacial score (nSPS) is 11.7. The van der Waals surface area contributed by atoms with Gasteiger partial charge in [0.15, 0.2) is 15.5 Å². The molecular weight excluding hydrogens is 378 g/mol. The topological polar surface area (TPSA) is 98.1 Å². The van der Waals surface area contributed by atoms with Crippen LogP contribution in [0.5, 0.6) is 0 Å². The SMILES string of the molecule is CC(C)Cn1nc(C(=O)Nc2ccc(S(C)(=O)=O)cc2)c2ccccc2c1=O. The Kier molecular flexibility index (Phi) is 5.33. The lowest BCUT2D eigenvalue weighted by molar-refractivity contribution is 0.102. The monoisotopic (exact) mass is 399 g/mol. The van der Waals surface area contributed by atoms with E-state index in [0.29, 0.717) is 23.0 Å². The molecule has 2 aromatic carbocycles. The minimum Gasteiger partial charge on any atom is -0.321 e. The first-order valence-electron chi connectivity index (χ1n) is 8.78. The molecule has 0 saturated carbocycles. The number of sulfone groups is 1. The Morgan fingerprint density at radius 3 is 2.25 bits per heavy atom. The molecule has 0 spiro atoms. The standard InChI is InChI=1S/C20H21N3O4S/c1-13(2)12-23-20(25)17-7-5-4-6-16(17)18(22-23)19(24)21-14-8-10-15(11-9-14)28(3,26)27/h4-11,13H,12H2,1-3H3,(H,21,24). The molecule has 7 nitrogen and oxygen atoms in total. The van der Waals surface area contributed by atoms with Gasteiger partial charge in [0.05, 0.1) is 10.3 Å². The zero-order valence-corrected chi connectivity index (χ0v) is 16.7. The fraction of sp³-hybridized carbons (Fsp3) is 0.250. The largest absolute Gasteiger partial charge is 0.321 e. The lowest BCUT2D eigenvalue weighted by Gasteiger charge is -2.13. The summed E-state index contributed by atoms with van der Waals surface area (Å²) >= 11 is 0. The number of hydrogen-bond donors (Lipinski definition) is 1. The van der Waals surface area contributed by atoms with E-state index in [4.69, 9.17) is 0 Å². The second-order valence-corrected chi connectivity index (χ2v) is 9.04. The minimum atomic E-state index is -3.31. The average Bonchev–Trinajstić information content (AvgIpc) is 2.63. The van der Waals surface area contributed by atoms with Gasteiger partial charge in [-0.15, -0.1) is 0 Å². The van der Waals surface area contributed by atoms with E-state index < -0.39 is 15.7 Å². The molecule has 1 heterocycles. The van der Waals surface area contributed by atoms with E-state index in [9.17, 15) is 18.0 Å². The third-order valence-electron chi connectivity index (χ3n) is 4.16. The summed E-state index contributed by atoms with van der Waals surface area (Å²) in [6, 6.07) is 12.7. The molecule has 1 N–H and O–H groups in total. The van der Waals surface area contributed by atoms with Crippen molar-refractivity contribution in [2.45, 2.75) is 25.3 Å². The van der Waals surface area contributed by atoms with Crippen molar-refractivity contribution < 1.29 is 13.2 Å². The van der Waals surface area contributed by atoms with Crippen molar-refractivity contribution in [1.29, 1.82) is 0 Å². The maximum atomic E-state index is 12.9. The molecule has 3 aromatic rings. The van der Waals surface area contributed by atoms with Gasteiger partial charge in [-0.05, 0) is 36.2 Å². The Hall–Kier alpha value is -3.00. The number of rotatable bonds is 5. The summed E-state index contributed by atoms with van der Waals surface area (Å²) in [5.74, 6) is -0.286. The molecule has 0 aliphatic carbocycles. The third-order valence-corrected chi connectivity index (χ3v) is 5.29. The van der Waals surface area contributed by atoms with E-state index in [1.54, 1.807) is 24.3 Å². The Morgan fingerprint density at radius 1 is 1.07 bits per heavy atom. The smallest absolute Gasteiger partial charge is 0.276 e. The number of nitrogens with one attached hydrogen (secondary N) is 1. The van der Waals surface area contributed by atoms with E-state index in [0.717, 1.165) is 6.26 Å². The second kappa shape index (κ2) is 7.55. The summed E-state index contributed by atoms with van der Waals surface area (Å²) in [5.41, 5.74) is 0.339. The summed E-state index contributed by atoms with van der Waals surface area (Å²) in [6.07, 6.45) is 1.12. The fourth-order valence-electron chi connectivity index (χ4n) is 2.85. The number of carbonyl (C=O) groups is 1. The number of anilines is 1. The van der Waals surface area contributed by atoms with Crippen LogP contribution in [0.15, 0.2) is 58.2 Å². The third kappa shape index (κ3) is 4.12. The summed E-state index contributed by atoms with van der Waals surface area (Å²) in [7, 11) is -3.31. The van der Waals surface area contributed by atoms with Gasteiger partial charge in [0.2, 0.25) is 0 Å². The van der Waals surface area contributed by atoms with Crippen LogP contribution in [0.1, 0.15) is 24.3 Å². The molecule has 0 unspecified atom stereocenters. The number of carbonyl (C=O) groups excluding carboxylic acids is 1. The van der Waals surface area contributed by atoms with Gasteiger partial charge in [-0.1, -0.05) is 32.0 Å². The van der Waals surface area contributed by atoms with Crippen molar-refractivity contribution >= 4 is 32.2 Å². The van der Waals surface area contributed by atoms with Gasteiger partial charge in [0.25, 0.3) is 11.5 Å². The van der Waals surface area contributed by atoms with Crippen molar-refractivity contribution in [2.75, 3.05) is 11.6 Å². The van der Waals surface area contributed by atoms with Crippen LogP contribution < -0.4 is 10.9 Å². The summed E-state index contributed by atoms with van der Waals surface area (Å²) in [6.45, 7) is 4.33. The highest BCUT2D eigenvalue weighted by atomic mass is 32.2. The average molecular weight is 399 g/mol. The Balaban J connectivity index is 2.01. The van der Waals surface area contributed by atoms with E-state index in [-0.39, 0.29) is 22.1 Å². The van der Waals surface area contributed by atoms with Crippen LogP contribution in [0.2, 0.25) is 0 Å². The molecule has 0 fully saturated rings. The highest BCUT2D eigenvalue weighted by Gasteiger charge is 2.17. The van der Waals surface area contributed by atoms with E-state index in [1.807, 2.05) is 13.8 Å². The van der Waals surface area contributed by atoms with Crippen LogP contribution in [0.4, 0.5) is 5.69 Å². The van der Waals surface area contributed by atoms with Crippen molar-refractivity contribution in [1.82, 2.24) is 9.78 Å². The van der Waals surface area contributed by atoms with Crippen molar-refractivity contribution in [2.24, 2.45) is 5.92 Å². The summed E-state index contributed by atoms with van der Waals surface area (Å²) < 4.78 is 24.4. The Labute approximate surface area is 162 Å². The van der Waals surface area contributed by atoms with E-state index in [2.05, 4.69) is 10.4 Å². The van der Waals surface area contributed by atoms with Gasteiger partial charge in [-0.25, -0.2) is 13.1 Å². The van der Waals surface area contributed by atoms with Gasteiger partial charge >= 0.3 is 0 Å². The van der Waals surface area contributed by atoms with E-state index >= 15 is 0 Å². The lowest BCUT2D eigenvalue weighted by atomic mass is 10.1. The quantitative estimate of drug-likeness (QED) is 0.711. The zero-order valence-electron chi connectivity index (χ0n) is 15.8. The van der Waals surface area contributed by atoms with Crippen LogP contribution >= 0.6 is 0 Å². The Morgan fingerprint density at radius 2 is 1.68 bits per heavy atom. The molecule has 1 amide bonds. The van der Waals surface area contributed by atoms with Crippen molar-refractivity contribution in [3.8, 4) is 0 Å². The first kappa shape index (κ1) is 19.8. The molecule has 3 rings (SSSR count).